The summed E-state index contributed by atoms with van der Waals surface area (Å²) < 4.78 is 27.0. The molecule has 0 bridgehead atoms. The number of anilines is 1. The van der Waals surface area contributed by atoms with E-state index in [0.29, 0.717) is 0 Å². The van der Waals surface area contributed by atoms with Crippen LogP contribution >= 0.6 is 0 Å². The van der Waals surface area contributed by atoms with Crippen molar-refractivity contribution in [1.82, 2.24) is 0 Å². The lowest BCUT2D eigenvalue weighted by molar-refractivity contribution is -0.384. The Morgan fingerprint density at radius 3 is 2.21 bits per heavy atom. The van der Waals surface area contributed by atoms with E-state index in [1.807, 2.05) is 11.1 Å². The minimum Gasteiger partial charge on any atom is -0.258 e. The number of hydrogen-bond acceptors (Lipinski definition) is 4. The highest BCUT2D eigenvalue weighted by Gasteiger charge is 2.41. The highest BCUT2D eigenvalue weighted by atomic mass is 19.1. The van der Waals surface area contributed by atoms with E-state index >= 15 is 0 Å². The minimum absolute atomic E-state index is 0.0123. The lowest BCUT2D eigenvalue weighted by Crippen LogP contribution is -2.28. The van der Waals surface area contributed by atoms with Crippen LogP contribution in [0.4, 0.5) is 20.2 Å². The molecule has 0 saturated heterocycles. The molecule has 0 spiro atoms. The van der Waals surface area contributed by atoms with Gasteiger partial charge in [0.05, 0.1) is 22.4 Å². The van der Waals surface area contributed by atoms with Gasteiger partial charge in [0, 0.05) is 18.1 Å². The van der Waals surface area contributed by atoms with Crippen LogP contribution in [0.5, 0.6) is 0 Å². The van der Waals surface area contributed by atoms with Gasteiger partial charge in [0.1, 0.15) is 11.6 Å². The van der Waals surface area contributed by atoms with Crippen molar-refractivity contribution in [3.05, 3.63) is 111 Å². The van der Waals surface area contributed by atoms with Crippen molar-refractivity contribution in [2.75, 3.05) is 5.01 Å². The smallest absolute Gasteiger partial charge is 0.258 e. The molecule has 3 aromatic rings. The van der Waals surface area contributed by atoms with Crippen LogP contribution < -0.4 is 5.01 Å². The molecule has 0 N–H and O–H groups in total. The van der Waals surface area contributed by atoms with Crippen LogP contribution in [-0.4, -0.2) is 10.6 Å². The largest absolute Gasteiger partial charge is 0.269 e. The highest BCUT2D eigenvalue weighted by molar-refractivity contribution is 6.08. The van der Waals surface area contributed by atoms with Crippen LogP contribution in [0.15, 0.2) is 83.5 Å². The molecule has 2 aliphatic rings. The number of allylic oxidation sites excluding steroid dienone is 1. The van der Waals surface area contributed by atoms with Crippen molar-refractivity contribution >= 4 is 23.2 Å². The number of non-ortho nitro benzene ring substituents is 1. The van der Waals surface area contributed by atoms with Gasteiger partial charge in [0.25, 0.3) is 5.69 Å². The van der Waals surface area contributed by atoms with Gasteiger partial charge in [-0.1, -0.05) is 24.3 Å². The second-order valence-corrected chi connectivity index (χ2v) is 8.32. The number of rotatable bonds is 4. The molecule has 1 aliphatic heterocycles. The average Bonchev–Trinajstić information content (AvgIpc) is 3.22. The number of hydrazone groups is 1. The third-order valence-electron chi connectivity index (χ3n) is 6.25. The predicted molar refractivity (Wildman–Crippen MR) is 124 cm³/mol. The molecule has 0 aromatic heterocycles. The molecule has 0 amide bonds. The SMILES string of the molecule is O=[N+]([O-])c1ccc(N2N=C3/C(=C\c4ccc(F)cc4)CCC[C@H]3[C@H]2c2ccc(F)cc2)cc1. The van der Waals surface area contributed by atoms with Crippen LogP contribution in [0.25, 0.3) is 6.08 Å². The van der Waals surface area contributed by atoms with Gasteiger partial charge < -0.3 is 0 Å². The normalized spacial score (nSPS) is 21.1. The van der Waals surface area contributed by atoms with E-state index in [0.717, 1.165) is 47.4 Å². The first-order chi connectivity index (χ1) is 16.0. The maximum absolute atomic E-state index is 13.6. The van der Waals surface area contributed by atoms with E-state index < -0.39 is 4.92 Å². The van der Waals surface area contributed by atoms with E-state index in [9.17, 15) is 18.9 Å². The van der Waals surface area contributed by atoms with Gasteiger partial charge >= 0.3 is 0 Å². The van der Waals surface area contributed by atoms with E-state index in [1.165, 1.54) is 36.4 Å². The minimum atomic E-state index is -0.430. The van der Waals surface area contributed by atoms with Gasteiger partial charge in [-0.05, 0) is 78.4 Å². The van der Waals surface area contributed by atoms with E-state index in [4.69, 9.17) is 5.10 Å². The summed E-state index contributed by atoms with van der Waals surface area (Å²) in [5.74, 6) is -0.496. The first-order valence-corrected chi connectivity index (χ1v) is 10.8. The first kappa shape index (κ1) is 21.0. The Kier molecular flexibility index (Phi) is 5.46. The maximum atomic E-state index is 13.6. The Morgan fingerprint density at radius 1 is 0.939 bits per heavy atom. The standard InChI is InChI=1S/C26H21F2N3O2/c27-20-8-4-17(5-9-20)16-19-2-1-3-24-25(19)29-30(22-12-14-23(15-13-22)31(32)33)26(24)18-6-10-21(28)11-7-18/h4-16,24,26H,1-3H2/b19-16-/t24-,26-/m1/s1. The summed E-state index contributed by atoms with van der Waals surface area (Å²) >= 11 is 0. The molecule has 1 saturated carbocycles. The highest BCUT2D eigenvalue weighted by Crippen LogP contribution is 2.46. The number of halogens is 2. The maximum Gasteiger partial charge on any atom is 0.269 e. The molecule has 2 atom stereocenters. The molecular formula is C26H21F2N3O2. The van der Waals surface area contributed by atoms with Crippen molar-refractivity contribution in [1.29, 1.82) is 0 Å². The summed E-state index contributed by atoms with van der Waals surface area (Å²) in [6.45, 7) is 0. The van der Waals surface area contributed by atoms with Gasteiger partial charge in [-0.3, -0.25) is 15.1 Å². The molecule has 33 heavy (non-hydrogen) atoms. The summed E-state index contributed by atoms with van der Waals surface area (Å²) in [7, 11) is 0. The van der Waals surface area contributed by atoms with Crippen LogP contribution in [0.2, 0.25) is 0 Å². The second-order valence-electron chi connectivity index (χ2n) is 8.32. The summed E-state index contributed by atoms with van der Waals surface area (Å²) in [6, 6.07) is 19.0. The number of nitro groups is 1. The monoisotopic (exact) mass is 445 g/mol. The zero-order valence-electron chi connectivity index (χ0n) is 17.7. The summed E-state index contributed by atoms with van der Waals surface area (Å²) in [6.07, 6.45) is 4.80. The molecule has 7 heteroatoms. The third kappa shape index (κ3) is 4.14. The van der Waals surface area contributed by atoms with Crippen LogP contribution in [-0.2, 0) is 0 Å². The van der Waals surface area contributed by atoms with Crippen molar-refractivity contribution in [2.45, 2.75) is 25.3 Å². The van der Waals surface area contributed by atoms with Gasteiger partial charge in [-0.25, -0.2) is 8.78 Å². The third-order valence-corrected chi connectivity index (χ3v) is 6.25. The van der Waals surface area contributed by atoms with Crippen molar-refractivity contribution in [2.24, 2.45) is 11.0 Å². The topological polar surface area (TPSA) is 58.7 Å². The molecule has 5 rings (SSSR count). The Morgan fingerprint density at radius 2 is 1.58 bits per heavy atom. The van der Waals surface area contributed by atoms with Crippen LogP contribution in [0.3, 0.4) is 0 Å². The fourth-order valence-electron chi connectivity index (χ4n) is 4.70. The molecule has 0 unspecified atom stereocenters. The van der Waals surface area contributed by atoms with Crippen LogP contribution in [0, 0.1) is 27.7 Å². The summed E-state index contributed by atoms with van der Waals surface area (Å²) in [4.78, 5) is 10.7. The van der Waals surface area contributed by atoms with Gasteiger partial charge in [0.15, 0.2) is 0 Å². The quantitative estimate of drug-likeness (QED) is 0.333. The molecule has 3 aromatic carbocycles. The number of nitro benzene ring substituents is 1. The fourth-order valence-corrected chi connectivity index (χ4v) is 4.70. The predicted octanol–water partition coefficient (Wildman–Crippen LogP) is 6.67. The Bertz CT molecular complexity index is 1240. The molecule has 0 radical (unpaired) electrons. The zero-order valence-corrected chi connectivity index (χ0v) is 17.7. The number of benzene rings is 3. The molecule has 5 nitrogen and oxygen atoms in total. The van der Waals surface area contributed by atoms with E-state index in [2.05, 4.69) is 0 Å². The number of nitrogens with zero attached hydrogens (tertiary/aromatic N) is 3. The average molecular weight is 445 g/mol. The first-order valence-electron chi connectivity index (χ1n) is 10.8. The molecular weight excluding hydrogens is 424 g/mol. The molecule has 1 heterocycles. The lowest BCUT2D eigenvalue weighted by Gasteiger charge is -2.30. The Balaban J connectivity index is 1.58. The Labute approximate surface area is 189 Å². The Hall–Kier alpha value is -3.87. The number of hydrogen-bond donors (Lipinski definition) is 0. The van der Waals surface area contributed by atoms with Gasteiger partial charge in [-0.2, -0.15) is 5.10 Å². The van der Waals surface area contributed by atoms with Crippen LogP contribution in [0.1, 0.15) is 36.4 Å². The molecule has 1 fully saturated rings. The lowest BCUT2D eigenvalue weighted by atomic mass is 9.77. The van der Waals surface area contributed by atoms with Gasteiger partial charge in [0.2, 0.25) is 0 Å². The zero-order chi connectivity index (χ0) is 22.9. The fraction of sp³-hybridized carbons (Fsp3) is 0.192. The molecule has 166 valence electrons. The van der Waals surface area contributed by atoms with E-state index in [1.54, 1.807) is 36.4 Å². The van der Waals surface area contributed by atoms with Crippen molar-refractivity contribution in [3.8, 4) is 0 Å². The van der Waals surface area contributed by atoms with Gasteiger partial charge in [-0.15, -0.1) is 0 Å². The van der Waals surface area contributed by atoms with E-state index in [-0.39, 0.29) is 29.3 Å². The van der Waals surface area contributed by atoms with Crippen molar-refractivity contribution in [3.63, 3.8) is 0 Å². The van der Waals surface area contributed by atoms with Crippen molar-refractivity contribution < 1.29 is 13.7 Å². The summed E-state index contributed by atoms with van der Waals surface area (Å²) in [5.41, 5.74) is 4.63. The second kappa shape index (κ2) is 8.58. The summed E-state index contributed by atoms with van der Waals surface area (Å²) in [5, 5.41) is 18.0. The molecule has 1 aliphatic carbocycles. The number of fused-ring (bicyclic) bond motifs is 1.